The molecule has 2 rings (SSSR count). The van der Waals surface area contributed by atoms with E-state index in [1.165, 1.54) is 12.1 Å². The van der Waals surface area contributed by atoms with Crippen molar-refractivity contribution in [1.82, 2.24) is 9.71 Å². The molecule has 0 aliphatic carbocycles. The fraction of sp³-hybridized carbons (Fsp3) is 0.357. The molecule has 0 aliphatic heterocycles. The summed E-state index contributed by atoms with van der Waals surface area (Å²) in [4.78, 5) is 3.96. The van der Waals surface area contributed by atoms with Crippen molar-refractivity contribution in [2.24, 2.45) is 0 Å². The fourth-order valence-corrected chi connectivity index (χ4v) is 3.91. The molecular weight excluding hydrogens is 340 g/mol. The first-order valence-electron chi connectivity index (χ1n) is 6.74. The Morgan fingerprint density at radius 3 is 2.30 bits per heavy atom. The van der Waals surface area contributed by atoms with Crippen LogP contribution in [0.25, 0.3) is 0 Å². The first kappa shape index (κ1) is 17.6. The Labute approximate surface area is 135 Å². The highest BCUT2D eigenvalue weighted by Crippen LogP contribution is 2.20. The first-order chi connectivity index (χ1) is 10.5. The van der Waals surface area contributed by atoms with Crippen LogP contribution in [0.5, 0.6) is 0 Å². The number of nitrogens with one attached hydrogen (secondary N) is 1. The summed E-state index contributed by atoms with van der Waals surface area (Å²) >= 11 is 0. The Balaban J connectivity index is 2.32. The van der Waals surface area contributed by atoms with Gasteiger partial charge < -0.3 is 4.42 Å². The van der Waals surface area contributed by atoms with Crippen LogP contribution in [0, 0.1) is 20.8 Å². The van der Waals surface area contributed by atoms with Crippen LogP contribution in [0.1, 0.15) is 22.9 Å². The molecule has 0 bridgehead atoms. The van der Waals surface area contributed by atoms with Crippen LogP contribution in [0.3, 0.4) is 0 Å². The van der Waals surface area contributed by atoms with Gasteiger partial charge >= 0.3 is 0 Å². The predicted octanol–water partition coefficient (Wildman–Crippen LogP) is 1.48. The van der Waals surface area contributed by atoms with Crippen molar-refractivity contribution < 1.29 is 21.3 Å². The molecule has 1 aromatic carbocycles. The molecule has 1 heterocycles. The Hall–Kier alpha value is -1.71. The van der Waals surface area contributed by atoms with Gasteiger partial charge in [-0.1, -0.05) is 6.07 Å². The second kappa shape index (κ2) is 6.06. The van der Waals surface area contributed by atoms with E-state index in [9.17, 15) is 16.8 Å². The standard InChI is InChI=1S/C14H18N2O5S2/c1-9-5-6-12(22(4,17)18)7-13(9)23(19,20)15-8-14-16-10(2)11(3)21-14/h5-7,15H,8H2,1-4H3. The number of aryl methyl sites for hydroxylation is 3. The van der Waals surface area contributed by atoms with E-state index in [2.05, 4.69) is 9.71 Å². The average molecular weight is 358 g/mol. The lowest BCUT2D eigenvalue weighted by Gasteiger charge is -2.09. The van der Waals surface area contributed by atoms with Crippen molar-refractivity contribution in [2.75, 3.05) is 6.26 Å². The summed E-state index contributed by atoms with van der Waals surface area (Å²) in [5, 5.41) is 0. The largest absolute Gasteiger partial charge is 0.444 e. The third-order valence-corrected chi connectivity index (χ3v) is 6.02. The lowest BCUT2D eigenvalue weighted by atomic mass is 10.2. The summed E-state index contributed by atoms with van der Waals surface area (Å²) in [6.45, 7) is 4.98. The summed E-state index contributed by atoms with van der Waals surface area (Å²) in [6.07, 6.45) is 1.03. The molecular formula is C14H18N2O5S2. The molecule has 0 saturated carbocycles. The number of sulfone groups is 1. The molecule has 7 nitrogen and oxygen atoms in total. The topological polar surface area (TPSA) is 106 Å². The minimum atomic E-state index is -3.89. The van der Waals surface area contributed by atoms with Gasteiger partial charge in [-0.05, 0) is 38.5 Å². The van der Waals surface area contributed by atoms with Crippen LogP contribution in [-0.2, 0) is 26.4 Å². The number of hydrogen-bond acceptors (Lipinski definition) is 6. The van der Waals surface area contributed by atoms with Gasteiger partial charge in [0.1, 0.15) is 5.76 Å². The van der Waals surface area contributed by atoms with Crippen LogP contribution >= 0.6 is 0 Å². The van der Waals surface area contributed by atoms with E-state index in [-0.39, 0.29) is 22.2 Å². The highest BCUT2D eigenvalue weighted by molar-refractivity contribution is 7.91. The van der Waals surface area contributed by atoms with E-state index in [0.29, 0.717) is 17.0 Å². The monoisotopic (exact) mass is 358 g/mol. The first-order valence-corrected chi connectivity index (χ1v) is 10.1. The van der Waals surface area contributed by atoms with Gasteiger partial charge in [0.25, 0.3) is 0 Å². The second-order valence-electron chi connectivity index (χ2n) is 5.27. The highest BCUT2D eigenvalue weighted by atomic mass is 32.2. The molecule has 9 heteroatoms. The third kappa shape index (κ3) is 3.98. The van der Waals surface area contributed by atoms with Crippen LogP contribution in [0.2, 0.25) is 0 Å². The lowest BCUT2D eigenvalue weighted by molar-refractivity contribution is 0.463. The molecule has 0 unspecified atom stereocenters. The van der Waals surface area contributed by atoms with Crippen molar-refractivity contribution in [2.45, 2.75) is 37.1 Å². The normalized spacial score (nSPS) is 12.5. The molecule has 0 radical (unpaired) electrons. The van der Waals surface area contributed by atoms with Gasteiger partial charge in [-0.25, -0.2) is 26.5 Å². The Morgan fingerprint density at radius 2 is 1.78 bits per heavy atom. The van der Waals surface area contributed by atoms with Crippen LogP contribution in [0.4, 0.5) is 0 Å². The quantitative estimate of drug-likeness (QED) is 0.868. The lowest BCUT2D eigenvalue weighted by Crippen LogP contribution is -2.24. The van der Waals surface area contributed by atoms with Crippen LogP contribution in [-0.4, -0.2) is 28.1 Å². The van der Waals surface area contributed by atoms with Crippen molar-refractivity contribution in [3.63, 3.8) is 0 Å². The van der Waals surface area contributed by atoms with E-state index < -0.39 is 19.9 Å². The summed E-state index contributed by atoms with van der Waals surface area (Å²) in [6, 6.07) is 3.99. The maximum absolute atomic E-state index is 12.4. The molecule has 2 aromatic rings. The SMILES string of the molecule is Cc1ccc(S(C)(=O)=O)cc1S(=O)(=O)NCc1nc(C)c(C)o1. The smallest absolute Gasteiger partial charge is 0.241 e. The molecule has 0 fully saturated rings. The Bertz CT molecular complexity index is 924. The Kier molecular flexibility index (Phi) is 4.65. The number of hydrogen-bond donors (Lipinski definition) is 1. The van der Waals surface area contributed by atoms with E-state index >= 15 is 0 Å². The third-order valence-electron chi connectivity index (χ3n) is 3.36. The zero-order valence-electron chi connectivity index (χ0n) is 13.2. The highest BCUT2D eigenvalue weighted by Gasteiger charge is 2.20. The van der Waals surface area contributed by atoms with E-state index in [4.69, 9.17) is 4.42 Å². The maximum atomic E-state index is 12.4. The molecule has 0 spiro atoms. The number of nitrogens with zero attached hydrogens (tertiary/aromatic N) is 1. The maximum Gasteiger partial charge on any atom is 0.241 e. The number of sulfonamides is 1. The van der Waals surface area contributed by atoms with Gasteiger partial charge in [0.05, 0.1) is 22.0 Å². The molecule has 0 amide bonds. The van der Waals surface area contributed by atoms with Crippen molar-refractivity contribution in [3.8, 4) is 0 Å². The number of benzene rings is 1. The molecule has 1 N–H and O–H groups in total. The predicted molar refractivity (Wildman–Crippen MR) is 84.3 cm³/mol. The van der Waals surface area contributed by atoms with Crippen molar-refractivity contribution in [1.29, 1.82) is 0 Å². The second-order valence-corrected chi connectivity index (χ2v) is 9.02. The number of oxazole rings is 1. The summed E-state index contributed by atoms with van der Waals surface area (Å²) in [5.41, 5.74) is 1.14. The number of rotatable bonds is 5. The van der Waals surface area contributed by atoms with Crippen LogP contribution < -0.4 is 4.72 Å². The zero-order valence-corrected chi connectivity index (χ0v) is 14.9. The van der Waals surface area contributed by atoms with Gasteiger partial charge in [0, 0.05) is 6.26 Å². The zero-order chi connectivity index (χ0) is 17.4. The van der Waals surface area contributed by atoms with E-state index in [0.717, 1.165) is 12.3 Å². The summed E-state index contributed by atoms with van der Waals surface area (Å²) < 4.78 is 55.7. The van der Waals surface area contributed by atoms with Crippen molar-refractivity contribution in [3.05, 3.63) is 41.1 Å². The van der Waals surface area contributed by atoms with Crippen LogP contribution in [0.15, 0.2) is 32.4 Å². The summed E-state index contributed by atoms with van der Waals surface area (Å²) in [5.74, 6) is 0.870. The fourth-order valence-electron chi connectivity index (χ4n) is 1.95. The molecule has 0 saturated heterocycles. The van der Waals surface area contributed by atoms with E-state index in [1.54, 1.807) is 20.8 Å². The average Bonchev–Trinajstić information content (AvgIpc) is 2.75. The molecule has 23 heavy (non-hydrogen) atoms. The molecule has 0 aliphatic rings. The van der Waals surface area contributed by atoms with Gasteiger partial charge in [-0.2, -0.15) is 0 Å². The van der Waals surface area contributed by atoms with Crippen molar-refractivity contribution >= 4 is 19.9 Å². The van der Waals surface area contributed by atoms with Gasteiger partial charge in [-0.15, -0.1) is 0 Å². The van der Waals surface area contributed by atoms with Gasteiger partial charge in [-0.3, -0.25) is 0 Å². The molecule has 1 aromatic heterocycles. The summed E-state index contributed by atoms with van der Waals surface area (Å²) in [7, 11) is -7.38. The molecule has 126 valence electrons. The minimum absolute atomic E-state index is 0.0497. The molecule has 0 atom stereocenters. The van der Waals surface area contributed by atoms with Gasteiger partial charge in [0.15, 0.2) is 9.84 Å². The minimum Gasteiger partial charge on any atom is -0.444 e. The van der Waals surface area contributed by atoms with Gasteiger partial charge in [0.2, 0.25) is 15.9 Å². The number of aromatic nitrogens is 1. The Morgan fingerprint density at radius 1 is 1.13 bits per heavy atom. The van der Waals surface area contributed by atoms with E-state index in [1.807, 2.05) is 0 Å².